The maximum atomic E-state index is 14.8. The summed E-state index contributed by atoms with van der Waals surface area (Å²) in [5, 5.41) is 0. The van der Waals surface area contributed by atoms with E-state index < -0.39 is 33.2 Å². The van der Waals surface area contributed by atoms with E-state index in [4.69, 9.17) is 14.5 Å². The molecule has 8 heteroatoms. The lowest BCUT2D eigenvalue weighted by molar-refractivity contribution is -0.167. The van der Waals surface area contributed by atoms with Gasteiger partial charge in [-0.3, -0.25) is 9.79 Å². The second kappa shape index (κ2) is 11.2. The zero-order valence-electron chi connectivity index (χ0n) is 26.3. The number of nitrogens with zero attached hydrogens (tertiary/aromatic N) is 2. The molecular formula is C37H42N2O5S. The number of carbonyl (C=O) groups excluding carboxylic acids is 1. The van der Waals surface area contributed by atoms with Gasteiger partial charge in [-0.2, -0.15) is 0 Å². The molecule has 2 bridgehead atoms. The van der Waals surface area contributed by atoms with Gasteiger partial charge < -0.3 is 9.47 Å². The van der Waals surface area contributed by atoms with Crippen molar-refractivity contribution in [3.63, 3.8) is 0 Å². The molecule has 2 aliphatic carbocycles. The summed E-state index contributed by atoms with van der Waals surface area (Å²) in [5.41, 5.74) is 3.71. The highest BCUT2D eigenvalue weighted by Gasteiger charge is 2.72. The third kappa shape index (κ3) is 4.88. The average molecular weight is 627 g/mol. The lowest BCUT2D eigenvalue weighted by atomic mass is 9.69. The van der Waals surface area contributed by atoms with Crippen LogP contribution in [0.3, 0.4) is 0 Å². The first-order chi connectivity index (χ1) is 21.6. The second-order valence-electron chi connectivity index (χ2n) is 13.7. The number of ether oxygens (including phenoxy) is 2. The third-order valence-corrected chi connectivity index (χ3v) is 13.2. The summed E-state index contributed by atoms with van der Waals surface area (Å²) in [7, 11) is -3.81. The molecule has 0 aromatic heterocycles. The van der Waals surface area contributed by atoms with Gasteiger partial charge in [0.05, 0.1) is 30.7 Å². The van der Waals surface area contributed by atoms with E-state index in [2.05, 4.69) is 13.8 Å². The van der Waals surface area contributed by atoms with Gasteiger partial charge in [0.2, 0.25) is 10.0 Å². The van der Waals surface area contributed by atoms with Gasteiger partial charge in [-0.05, 0) is 36.2 Å². The van der Waals surface area contributed by atoms with Crippen molar-refractivity contribution in [2.24, 2.45) is 21.7 Å². The first kappa shape index (κ1) is 30.3. The summed E-state index contributed by atoms with van der Waals surface area (Å²) in [4.78, 5) is 19.9. The van der Waals surface area contributed by atoms with Crippen molar-refractivity contribution in [1.82, 2.24) is 4.31 Å². The Labute approximate surface area is 266 Å². The Morgan fingerprint density at radius 3 is 2.09 bits per heavy atom. The van der Waals surface area contributed by atoms with Crippen LogP contribution in [0.15, 0.2) is 89.9 Å². The molecule has 236 valence electrons. The van der Waals surface area contributed by atoms with Crippen LogP contribution in [0.4, 0.5) is 0 Å². The number of fused-ring (bicyclic) bond motifs is 1. The molecule has 7 nitrogen and oxygen atoms in total. The molecule has 4 atom stereocenters. The van der Waals surface area contributed by atoms with Gasteiger partial charge in [0.1, 0.15) is 6.04 Å². The average Bonchev–Trinajstić information content (AvgIpc) is 3.75. The van der Waals surface area contributed by atoms with E-state index in [1.807, 2.05) is 91.9 Å². The quantitative estimate of drug-likeness (QED) is 0.282. The molecular weight excluding hydrogens is 584 g/mol. The van der Waals surface area contributed by atoms with E-state index in [0.717, 1.165) is 41.5 Å². The van der Waals surface area contributed by atoms with Crippen molar-refractivity contribution in [3.05, 3.63) is 107 Å². The van der Waals surface area contributed by atoms with Gasteiger partial charge in [0.15, 0.2) is 5.79 Å². The number of hydrogen-bond acceptors (Lipinski definition) is 6. The van der Waals surface area contributed by atoms with Crippen molar-refractivity contribution in [1.29, 1.82) is 0 Å². The number of hydrogen-bond donors (Lipinski definition) is 0. The number of aliphatic imine (C=N–C) groups is 1. The Morgan fingerprint density at radius 1 is 0.933 bits per heavy atom. The van der Waals surface area contributed by atoms with E-state index in [1.54, 1.807) is 0 Å². The van der Waals surface area contributed by atoms with Crippen LogP contribution in [0, 0.1) is 16.7 Å². The molecule has 2 heterocycles. The topological polar surface area (TPSA) is 85.3 Å². The lowest BCUT2D eigenvalue weighted by Crippen LogP contribution is -2.48. The molecule has 4 aliphatic rings. The highest BCUT2D eigenvalue weighted by atomic mass is 32.2. The van der Waals surface area contributed by atoms with Crippen molar-refractivity contribution in [3.8, 4) is 0 Å². The molecule has 0 unspecified atom stereocenters. The molecule has 1 amide bonds. The van der Waals surface area contributed by atoms with Crippen LogP contribution in [0.1, 0.15) is 68.7 Å². The largest absolute Gasteiger partial charge is 0.343 e. The Kier molecular flexibility index (Phi) is 7.53. The Balaban J connectivity index is 1.30. The number of rotatable bonds is 8. The fourth-order valence-electron chi connectivity index (χ4n) is 8.73. The van der Waals surface area contributed by atoms with Gasteiger partial charge in [-0.25, -0.2) is 12.7 Å². The van der Waals surface area contributed by atoms with E-state index in [9.17, 15) is 13.2 Å². The molecule has 2 saturated heterocycles. The summed E-state index contributed by atoms with van der Waals surface area (Å²) in [6.07, 6.45) is 3.54. The molecule has 3 aromatic carbocycles. The number of amides is 1. The minimum absolute atomic E-state index is 0.0361. The highest BCUT2D eigenvalue weighted by molar-refractivity contribution is 7.90. The predicted molar refractivity (Wildman–Crippen MR) is 174 cm³/mol. The highest BCUT2D eigenvalue weighted by Crippen LogP contribution is 2.70. The Bertz CT molecular complexity index is 1660. The maximum absolute atomic E-state index is 14.8. The number of sulfonamides is 1. The van der Waals surface area contributed by atoms with Crippen molar-refractivity contribution in [2.45, 2.75) is 70.7 Å². The molecule has 7 rings (SSSR count). The summed E-state index contributed by atoms with van der Waals surface area (Å²) in [5.74, 6) is -0.736. The summed E-state index contributed by atoms with van der Waals surface area (Å²) >= 11 is 0. The zero-order chi connectivity index (χ0) is 31.5. The molecule has 0 radical (unpaired) electrons. The molecule has 4 fully saturated rings. The lowest BCUT2D eigenvalue weighted by Gasteiger charge is -2.37. The molecule has 0 N–H and O–H groups in total. The monoisotopic (exact) mass is 626 g/mol. The van der Waals surface area contributed by atoms with Crippen LogP contribution in [-0.4, -0.2) is 55.4 Å². The minimum Gasteiger partial charge on any atom is -0.343 e. The van der Waals surface area contributed by atoms with Crippen LogP contribution in [0.5, 0.6) is 0 Å². The number of benzene rings is 3. The first-order valence-corrected chi connectivity index (χ1v) is 17.8. The summed E-state index contributed by atoms with van der Waals surface area (Å²) in [6.45, 7) is 7.54. The van der Waals surface area contributed by atoms with Crippen molar-refractivity contribution >= 4 is 21.6 Å². The second-order valence-corrected chi connectivity index (χ2v) is 15.5. The molecule has 3 aromatic rings. The van der Waals surface area contributed by atoms with Crippen LogP contribution in [-0.2, 0) is 36.5 Å². The van der Waals surface area contributed by atoms with Crippen LogP contribution in [0.25, 0.3) is 0 Å². The van der Waals surface area contributed by atoms with Gasteiger partial charge in [-0.1, -0.05) is 106 Å². The van der Waals surface area contributed by atoms with Gasteiger partial charge >= 0.3 is 0 Å². The van der Waals surface area contributed by atoms with Gasteiger partial charge in [-0.15, -0.1) is 0 Å². The predicted octanol–water partition coefficient (Wildman–Crippen LogP) is 6.11. The third-order valence-electron chi connectivity index (χ3n) is 11.3. The van der Waals surface area contributed by atoms with Crippen molar-refractivity contribution in [2.75, 3.05) is 19.0 Å². The van der Waals surface area contributed by atoms with E-state index >= 15 is 0 Å². The van der Waals surface area contributed by atoms with E-state index in [-0.39, 0.29) is 23.6 Å². The van der Waals surface area contributed by atoms with Crippen molar-refractivity contribution < 1.29 is 22.7 Å². The van der Waals surface area contributed by atoms with Crippen LogP contribution >= 0.6 is 0 Å². The smallest absolute Gasteiger partial charge is 0.261 e. The normalized spacial score (nSPS) is 27.7. The Morgan fingerprint density at radius 2 is 1.53 bits per heavy atom. The van der Waals surface area contributed by atoms with Gasteiger partial charge in [0.25, 0.3) is 5.91 Å². The van der Waals surface area contributed by atoms with Crippen LogP contribution in [0.2, 0.25) is 0 Å². The summed E-state index contributed by atoms with van der Waals surface area (Å²) < 4.78 is 41.2. The first-order valence-electron chi connectivity index (χ1n) is 16.2. The summed E-state index contributed by atoms with van der Waals surface area (Å²) in [6, 6.07) is 26.3. The van der Waals surface area contributed by atoms with Crippen LogP contribution < -0.4 is 0 Å². The fraction of sp³-hybridized carbons (Fsp3) is 0.459. The molecule has 2 aliphatic heterocycles. The SMILES string of the molecule is CCC1(c2ccc(C[C@H](N=C(c3ccccc3)c3ccccc3)C(=O)N3[C@@H]4C[C@H]5CC[C@]4(CS3(=O)=O)C5(C)C)cc2)OCCO1. The zero-order valence-corrected chi connectivity index (χ0v) is 27.1. The molecule has 2 saturated carbocycles. The standard InChI is InChI=1S/C37H42N2O5S/c1-4-37(43-21-22-44-37)29-17-15-26(16-18-29)23-31(38-33(27-11-7-5-8-12-27)28-13-9-6-10-14-28)34(40)39-32-24-30-19-20-36(32,35(30,2)3)25-45(39,41)42/h5-18,30-32H,4,19-25H2,1-3H3/t30-,31+,32-,36-/m1/s1. The van der Waals surface area contributed by atoms with E-state index in [0.29, 0.717) is 31.3 Å². The van der Waals surface area contributed by atoms with E-state index in [1.165, 1.54) is 4.31 Å². The number of carbonyl (C=O) groups is 1. The fourth-order valence-corrected chi connectivity index (χ4v) is 11.3. The molecule has 1 spiro atoms. The molecule has 45 heavy (non-hydrogen) atoms. The minimum atomic E-state index is -3.81. The Hall–Kier alpha value is -3.33. The van der Waals surface area contributed by atoms with Gasteiger partial charge in [0, 0.05) is 34.9 Å². The maximum Gasteiger partial charge on any atom is 0.261 e.